The van der Waals surface area contributed by atoms with Crippen LogP contribution in [-0.4, -0.2) is 31.2 Å². The van der Waals surface area contributed by atoms with Gasteiger partial charge in [0.05, 0.1) is 7.11 Å². The van der Waals surface area contributed by atoms with Crippen molar-refractivity contribution in [1.29, 1.82) is 0 Å². The van der Waals surface area contributed by atoms with Gasteiger partial charge in [0.25, 0.3) is 0 Å². The topological polar surface area (TPSA) is 64.3 Å². The zero-order chi connectivity index (χ0) is 10.1. The minimum Gasteiger partial charge on any atom is -0.468 e. The van der Waals surface area contributed by atoms with Crippen molar-refractivity contribution < 1.29 is 9.53 Å². The molecule has 0 aromatic rings. The summed E-state index contributed by atoms with van der Waals surface area (Å²) in [6.45, 7) is 0. The number of nitrogens with one attached hydrogen (secondary N) is 1. The zero-order valence-electron chi connectivity index (χ0n) is 8.53. The Morgan fingerprint density at radius 3 is 2.50 bits per heavy atom. The van der Waals surface area contributed by atoms with Crippen molar-refractivity contribution in [3.8, 4) is 0 Å². The highest BCUT2D eigenvalue weighted by Gasteiger charge is 2.38. The molecule has 0 saturated carbocycles. The second-order valence-electron chi connectivity index (χ2n) is 4.42. The molecule has 2 saturated heterocycles. The van der Waals surface area contributed by atoms with Crippen molar-refractivity contribution in [2.24, 2.45) is 11.7 Å². The summed E-state index contributed by atoms with van der Waals surface area (Å²) in [5.41, 5.74) is 5.85. The van der Waals surface area contributed by atoms with Gasteiger partial charge in [-0.15, -0.1) is 0 Å². The van der Waals surface area contributed by atoms with Gasteiger partial charge in [0, 0.05) is 12.1 Å². The second kappa shape index (κ2) is 3.87. The van der Waals surface area contributed by atoms with E-state index in [1.807, 2.05) is 0 Å². The smallest absolute Gasteiger partial charge is 0.322 e. The predicted molar refractivity (Wildman–Crippen MR) is 52.7 cm³/mol. The Morgan fingerprint density at radius 1 is 1.43 bits per heavy atom. The largest absolute Gasteiger partial charge is 0.468 e. The van der Waals surface area contributed by atoms with Gasteiger partial charge in [0.1, 0.15) is 6.04 Å². The van der Waals surface area contributed by atoms with E-state index in [0.29, 0.717) is 18.0 Å². The van der Waals surface area contributed by atoms with E-state index >= 15 is 0 Å². The first-order chi connectivity index (χ1) is 6.70. The number of carbonyl (C=O) groups is 1. The van der Waals surface area contributed by atoms with E-state index in [0.717, 1.165) is 12.8 Å². The van der Waals surface area contributed by atoms with Gasteiger partial charge in [0.2, 0.25) is 0 Å². The molecule has 0 aliphatic carbocycles. The molecule has 4 heteroatoms. The molecule has 0 aromatic carbocycles. The molecular weight excluding hydrogens is 180 g/mol. The SMILES string of the molecule is COC(=O)[C@@H](N)C1CC2CCC(C1)N2. The van der Waals surface area contributed by atoms with Crippen LogP contribution in [0, 0.1) is 5.92 Å². The number of esters is 1. The summed E-state index contributed by atoms with van der Waals surface area (Å²) in [4.78, 5) is 11.3. The van der Waals surface area contributed by atoms with Gasteiger partial charge in [0.15, 0.2) is 0 Å². The van der Waals surface area contributed by atoms with Gasteiger partial charge in [-0.05, 0) is 31.6 Å². The van der Waals surface area contributed by atoms with Crippen LogP contribution in [-0.2, 0) is 9.53 Å². The third-order valence-electron chi connectivity index (χ3n) is 3.49. The normalized spacial score (nSPS) is 38.0. The fraction of sp³-hybridized carbons (Fsp3) is 0.900. The highest BCUT2D eigenvalue weighted by Crippen LogP contribution is 2.32. The zero-order valence-corrected chi connectivity index (χ0v) is 8.53. The molecule has 0 amide bonds. The number of hydrogen-bond donors (Lipinski definition) is 2. The fourth-order valence-corrected chi connectivity index (χ4v) is 2.72. The van der Waals surface area contributed by atoms with E-state index in [-0.39, 0.29) is 5.97 Å². The summed E-state index contributed by atoms with van der Waals surface area (Å²) < 4.78 is 4.67. The number of nitrogens with two attached hydrogens (primary N) is 1. The number of ether oxygens (including phenoxy) is 1. The lowest BCUT2D eigenvalue weighted by molar-refractivity contribution is -0.143. The Kier molecular flexibility index (Phi) is 2.74. The number of rotatable bonds is 2. The first-order valence-corrected chi connectivity index (χ1v) is 5.30. The van der Waals surface area contributed by atoms with E-state index in [2.05, 4.69) is 10.1 Å². The van der Waals surface area contributed by atoms with Crippen molar-refractivity contribution in [2.45, 2.75) is 43.8 Å². The van der Waals surface area contributed by atoms with Crippen LogP contribution in [0.25, 0.3) is 0 Å². The minimum atomic E-state index is -0.426. The first-order valence-electron chi connectivity index (χ1n) is 5.30. The average Bonchev–Trinajstić information content (AvgIpc) is 2.55. The Balaban J connectivity index is 1.95. The quantitative estimate of drug-likeness (QED) is 0.614. The average molecular weight is 198 g/mol. The molecule has 14 heavy (non-hydrogen) atoms. The number of piperidine rings is 1. The van der Waals surface area contributed by atoms with E-state index < -0.39 is 6.04 Å². The minimum absolute atomic E-state index is 0.267. The summed E-state index contributed by atoms with van der Waals surface area (Å²) in [5.74, 6) is 0.0394. The van der Waals surface area contributed by atoms with E-state index in [9.17, 15) is 4.79 Å². The Bertz CT molecular complexity index is 220. The maximum Gasteiger partial charge on any atom is 0.322 e. The summed E-state index contributed by atoms with van der Waals surface area (Å²) in [6, 6.07) is 0.731. The molecule has 2 aliphatic rings. The monoisotopic (exact) mass is 198 g/mol. The first kappa shape index (κ1) is 9.93. The predicted octanol–water partition coefficient (Wildman–Crippen LogP) is 0.0173. The fourth-order valence-electron chi connectivity index (χ4n) is 2.72. The van der Waals surface area contributed by atoms with Crippen molar-refractivity contribution >= 4 is 5.97 Å². The third kappa shape index (κ3) is 1.77. The molecule has 3 atom stereocenters. The molecule has 2 fully saturated rings. The number of hydrogen-bond acceptors (Lipinski definition) is 4. The maximum atomic E-state index is 11.3. The Labute approximate surface area is 84.2 Å². The van der Waals surface area contributed by atoms with Crippen LogP contribution in [0.4, 0.5) is 0 Å². The van der Waals surface area contributed by atoms with Gasteiger partial charge in [-0.25, -0.2) is 0 Å². The van der Waals surface area contributed by atoms with Gasteiger partial charge < -0.3 is 15.8 Å². The molecule has 2 unspecified atom stereocenters. The second-order valence-corrected chi connectivity index (χ2v) is 4.42. The summed E-state index contributed by atoms with van der Waals surface area (Å²) >= 11 is 0. The van der Waals surface area contributed by atoms with E-state index in [4.69, 9.17) is 5.73 Å². The van der Waals surface area contributed by atoms with Crippen LogP contribution >= 0.6 is 0 Å². The Morgan fingerprint density at radius 2 is 2.00 bits per heavy atom. The summed E-state index contributed by atoms with van der Waals surface area (Å²) in [7, 11) is 1.40. The lowest BCUT2D eigenvalue weighted by atomic mass is 9.86. The van der Waals surface area contributed by atoms with Gasteiger partial charge >= 0.3 is 5.97 Å². The van der Waals surface area contributed by atoms with Crippen LogP contribution in [0.3, 0.4) is 0 Å². The molecular formula is C10H18N2O2. The maximum absolute atomic E-state index is 11.3. The van der Waals surface area contributed by atoms with Gasteiger partial charge in [-0.1, -0.05) is 0 Å². The molecule has 2 aliphatic heterocycles. The van der Waals surface area contributed by atoms with Crippen LogP contribution in [0.1, 0.15) is 25.7 Å². The van der Waals surface area contributed by atoms with Gasteiger partial charge in [-0.2, -0.15) is 0 Å². The highest BCUT2D eigenvalue weighted by molar-refractivity contribution is 5.75. The number of carbonyl (C=O) groups excluding carboxylic acids is 1. The molecule has 3 N–H and O–H groups in total. The summed E-state index contributed by atoms with van der Waals surface area (Å²) in [5, 5.41) is 3.52. The molecule has 0 spiro atoms. The lowest BCUT2D eigenvalue weighted by Gasteiger charge is -2.31. The van der Waals surface area contributed by atoms with Gasteiger partial charge in [-0.3, -0.25) is 4.79 Å². The number of fused-ring (bicyclic) bond motifs is 2. The third-order valence-corrected chi connectivity index (χ3v) is 3.49. The standard InChI is InChI=1S/C10H18N2O2/c1-14-10(13)9(11)6-4-7-2-3-8(5-6)12-7/h6-9,12H,2-5,11H2,1H3/t6?,7?,8?,9-/m0/s1. The summed E-state index contributed by atoms with van der Waals surface area (Å²) in [6.07, 6.45) is 4.50. The van der Waals surface area contributed by atoms with Crippen molar-refractivity contribution in [2.75, 3.05) is 7.11 Å². The van der Waals surface area contributed by atoms with Crippen LogP contribution in [0.15, 0.2) is 0 Å². The molecule has 2 rings (SSSR count). The van der Waals surface area contributed by atoms with E-state index in [1.54, 1.807) is 0 Å². The molecule has 2 heterocycles. The van der Waals surface area contributed by atoms with Crippen LogP contribution in [0.5, 0.6) is 0 Å². The Hall–Kier alpha value is -0.610. The van der Waals surface area contributed by atoms with Crippen molar-refractivity contribution in [3.63, 3.8) is 0 Å². The molecule has 2 bridgehead atoms. The molecule has 4 nitrogen and oxygen atoms in total. The molecule has 0 aromatic heterocycles. The highest BCUT2D eigenvalue weighted by atomic mass is 16.5. The van der Waals surface area contributed by atoms with Crippen LogP contribution in [0.2, 0.25) is 0 Å². The van der Waals surface area contributed by atoms with Crippen LogP contribution < -0.4 is 11.1 Å². The number of methoxy groups -OCH3 is 1. The molecule has 0 radical (unpaired) electrons. The lowest BCUT2D eigenvalue weighted by Crippen LogP contribution is -2.47. The van der Waals surface area contributed by atoms with E-state index in [1.165, 1.54) is 20.0 Å². The van der Waals surface area contributed by atoms with Crippen molar-refractivity contribution in [3.05, 3.63) is 0 Å². The van der Waals surface area contributed by atoms with Crippen molar-refractivity contribution in [1.82, 2.24) is 5.32 Å². The molecule has 80 valence electrons.